The van der Waals surface area contributed by atoms with E-state index in [1.165, 1.54) is 45.9 Å². The van der Waals surface area contributed by atoms with E-state index in [0.29, 0.717) is 19.0 Å². The molecule has 2 aromatic rings. The molecule has 2 aliphatic carbocycles. The molecule has 2 saturated carbocycles. The lowest BCUT2D eigenvalue weighted by Crippen LogP contribution is -2.56. The maximum Gasteiger partial charge on any atom is 0.325 e. The summed E-state index contributed by atoms with van der Waals surface area (Å²) in [7, 11) is 4.49. The van der Waals surface area contributed by atoms with Gasteiger partial charge in [0.1, 0.15) is 0 Å². The highest BCUT2D eigenvalue weighted by Gasteiger charge is 2.56. The van der Waals surface area contributed by atoms with Crippen molar-refractivity contribution in [2.45, 2.75) is 66.6 Å². The largest absolute Gasteiger partial charge is 0.325 e. The third kappa shape index (κ3) is 5.30. The number of benzene rings is 2. The number of nitrogens with zero attached hydrogens (tertiary/aromatic N) is 4. The summed E-state index contributed by atoms with van der Waals surface area (Å²) in [4.78, 5) is 19.6. The lowest BCUT2D eigenvalue weighted by molar-refractivity contribution is 0.0172. The number of hydrogen-bond acceptors (Lipinski definition) is 4. The number of urea groups is 1. The van der Waals surface area contributed by atoms with E-state index >= 15 is 8.78 Å². The van der Waals surface area contributed by atoms with Crippen molar-refractivity contribution in [2.75, 3.05) is 46.2 Å². The molecule has 0 radical (unpaired) electrons. The molecule has 1 heterocycles. The normalized spacial score (nSPS) is 25.9. The van der Waals surface area contributed by atoms with Gasteiger partial charge >= 0.3 is 6.03 Å². The van der Waals surface area contributed by atoms with E-state index in [-0.39, 0.29) is 22.2 Å². The van der Waals surface area contributed by atoms with Crippen LogP contribution in [0.25, 0.3) is 0 Å². The minimum absolute atomic E-state index is 0.0655. The van der Waals surface area contributed by atoms with Crippen LogP contribution in [0, 0.1) is 5.92 Å². The van der Waals surface area contributed by atoms with Crippen LogP contribution in [0.15, 0.2) is 53.4 Å². The molecule has 41 heavy (non-hydrogen) atoms. The van der Waals surface area contributed by atoms with E-state index in [1.54, 1.807) is 0 Å². The second-order valence-electron chi connectivity index (χ2n) is 12.4. The van der Waals surface area contributed by atoms with E-state index in [2.05, 4.69) is 43.3 Å². The van der Waals surface area contributed by atoms with Gasteiger partial charge in [-0.25, -0.2) is 17.5 Å². The summed E-state index contributed by atoms with van der Waals surface area (Å²) >= 11 is 0. The zero-order valence-electron chi connectivity index (χ0n) is 24.3. The Morgan fingerprint density at radius 1 is 1.00 bits per heavy atom. The summed E-state index contributed by atoms with van der Waals surface area (Å²) in [5.41, 5.74) is -3.26. The molecule has 1 unspecified atom stereocenters. The first-order valence-electron chi connectivity index (χ1n) is 14.3. The van der Waals surface area contributed by atoms with E-state index in [1.807, 2.05) is 11.0 Å². The molecule has 7 nitrogen and oxygen atoms in total. The third-order valence-electron chi connectivity index (χ3n) is 9.72. The zero-order valence-corrected chi connectivity index (χ0v) is 26.3. The number of rotatable bonds is 8. The molecule has 1 saturated heterocycles. The van der Waals surface area contributed by atoms with Gasteiger partial charge in [-0.15, -0.1) is 0 Å². The van der Waals surface area contributed by atoms with Gasteiger partial charge in [-0.2, -0.15) is 8.78 Å². The number of carbonyl (C=O) groups is 1. The smallest absolute Gasteiger partial charge is 0.317 e. The van der Waals surface area contributed by atoms with Crippen LogP contribution in [0.2, 0.25) is 0 Å². The fraction of sp³-hybridized carbons (Fsp3) is 0.567. The summed E-state index contributed by atoms with van der Waals surface area (Å²) < 4.78 is 56.6. The Bertz CT molecular complexity index is 1390. The summed E-state index contributed by atoms with van der Waals surface area (Å²) in [5.74, 6) is 0.417. The highest BCUT2D eigenvalue weighted by Crippen LogP contribution is 2.51. The Labute approximate surface area is 245 Å². The van der Waals surface area contributed by atoms with Crippen molar-refractivity contribution in [3.8, 4) is 0 Å². The van der Waals surface area contributed by atoms with Crippen LogP contribution in [-0.2, 0) is 21.2 Å². The predicted molar refractivity (Wildman–Crippen MR) is 161 cm³/mol. The molecular formula is C30H41F2N4O3PS. The third-order valence-corrected chi connectivity index (χ3v) is 11.8. The molecular weight excluding hydrogens is 565 g/mol. The summed E-state index contributed by atoms with van der Waals surface area (Å²) in [6, 6.07) is 13.9. The molecule has 11 heteroatoms. The van der Waals surface area contributed by atoms with Gasteiger partial charge in [0.15, 0.2) is 0 Å². The first kappa shape index (κ1) is 30.3. The highest BCUT2D eigenvalue weighted by atomic mass is 32.2. The summed E-state index contributed by atoms with van der Waals surface area (Å²) in [6.45, 7) is 0.916. The Morgan fingerprint density at radius 2 is 1.63 bits per heavy atom. The summed E-state index contributed by atoms with van der Waals surface area (Å²) in [5, 5.41) is 0. The lowest BCUT2D eigenvalue weighted by Gasteiger charge is -2.51. The number of amides is 2. The number of sulfonamides is 1. The second kappa shape index (κ2) is 10.9. The van der Waals surface area contributed by atoms with Crippen molar-refractivity contribution >= 4 is 31.0 Å². The average Bonchev–Trinajstić information content (AvgIpc) is 3.16. The number of halogens is 2. The van der Waals surface area contributed by atoms with Crippen LogP contribution in [0.3, 0.4) is 0 Å². The molecule has 0 bridgehead atoms. The quantitative estimate of drug-likeness (QED) is 0.363. The van der Waals surface area contributed by atoms with Gasteiger partial charge in [-0.3, -0.25) is 9.80 Å². The van der Waals surface area contributed by atoms with Gasteiger partial charge < -0.3 is 4.90 Å². The van der Waals surface area contributed by atoms with Crippen molar-refractivity contribution in [1.82, 2.24) is 14.1 Å². The van der Waals surface area contributed by atoms with Gasteiger partial charge in [0, 0.05) is 31.7 Å². The minimum atomic E-state index is -3.94. The number of hydrogen-bond donors (Lipinski definition) is 0. The number of alkyl halides is 2. The number of anilines is 1. The van der Waals surface area contributed by atoms with Crippen LogP contribution >= 0.6 is 9.24 Å². The van der Waals surface area contributed by atoms with E-state index in [4.69, 9.17) is 0 Å². The fourth-order valence-corrected chi connectivity index (χ4v) is 8.04. The molecule has 3 fully saturated rings. The maximum atomic E-state index is 15.0. The van der Waals surface area contributed by atoms with Crippen LogP contribution < -0.4 is 4.90 Å². The van der Waals surface area contributed by atoms with Crippen LogP contribution in [0.4, 0.5) is 19.3 Å². The van der Waals surface area contributed by atoms with Crippen LogP contribution in [0.1, 0.15) is 56.1 Å². The van der Waals surface area contributed by atoms with Crippen LogP contribution in [-0.4, -0.2) is 75.4 Å². The van der Waals surface area contributed by atoms with Gasteiger partial charge in [0.2, 0.25) is 10.0 Å². The van der Waals surface area contributed by atoms with Crippen molar-refractivity contribution in [3.05, 3.63) is 59.7 Å². The van der Waals surface area contributed by atoms with E-state index in [9.17, 15) is 13.2 Å². The predicted octanol–water partition coefficient (Wildman–Crippen LogP) is 5.67. The highest BCUT2D eigenvalue weighted by molar-refractivity contribution is 7.89. The van der Waals surface area contributed by atoms with Crippen molar-refractivity contribution in [1.29, 1.82) is 0 Å². The van der Waals surface area contributed by atoms with Crippen molar-refractivity contribution in [3.63, 3.8) is 0 Å². The average molecular weight is 607 g/mol. The fourth-order valence-electron chi connectivity index (χ4n) is 6.88. The molecule has 0 N–H and O–H groups in total. The molecule has 2 aromatic carbocycles. The maximum absolute atomic E-state index is 15.0. The van der Waals surface area contributed by atoms with Gasteiger partial charge in [0.05, 0.1) is 22.7 Å². The Morgan fingerprint density at radius 3 is 2.15 bits per heavy atom. The van der Waals surface area contributed by atoms with E-state index < -0.39 is 26.8 Å². The Hall–Kier alpha value is -2.13. The molecule has 224 valence electrons. The standard InChI is InChI=1S/C30H41F2N4O3PS/c1-33(2)29(23-11-6-5-7-12-23)17-15-28(16-18-29)21-35(27(37)36(28)20-22-9-8-10-22)26-14-13-24(41(38,39)34(3)4)19-25(26)30(31,32)40/h5-7,11-14,19,22H,8-10,15-18,20-21,40H2,1-4H3/t28-,29+. The molecule has 1 aliphatic heterocycles. The Balaban J connectivity index is 1.53. The molecule has 5 rings (SSSR count). The monoisotopic (exact) mass is 606 g/mol. The van der Waals surface area contributed by atoms with Crippen molar-refractivity contribution < 1.29 is 22.0 Å². The molecule has 1 atom stereocenters. The van der Waals surface area contributed by atoms with Gasteiger partial charge in [-0.05, 0) is 82.3 Å². The molecule has 0 aromatic heterocycles. The zero-order chi connectivity index (χ0) is 29.8. The van der Waals surface area contributed by atoms with Crippen molar-refractivity contribution in [2.24, 2.45) is 5.92 Å². The van der Waals surface area contributed by atoms with E-state index in [0.717, 1.165) is 55.3 Å². The van der Waals surface area contributed by atoms with Gasteiger partial charge in [0.25, 0.3) is 5.66 Å². The van der Waals surface area contributed by atoms with Crippen LogP contribution in [0.5, 0.6) is 0 Å². The first-order chi connectivity index (χ1) is 19.2. The van der Waals surface area contributed by atoms with Gasteiger partial charge in [-0.1, -0.05) is 46.0 Å². The number of carbonyl (C=O) groups excluding carboxylic acids is 1. The topological polar surface area (TPSA) is 64.2 Å². The Kier molecular flexibility index (Phi) is 8.03. The summed E-state index contributed by atoms with van der Waals surface area (Å²) in [6.07, 6.45) is 6.43. The second-order valence-corrected chi connectivity index (χ2v) is 15.3. The lowest BCUT2D eigenvalue weighted by atomic mass is 9.68. The SMILES string of the molecule is CN(C)S(=O)(=O)c1ccc(N2C[C@]3(CC[C@](c4ccccc4)(N(C)C)CC3)N(CC3CCC3)C2=O)c(C(F)(F)P)c1. The molecule has 3 aliphatic rings. The molecule has 1 spiro atoms. The molecule has 2 amide bonds. The minimum Gasteiger partial charge on any atom is -0.317 e. The first-order valence-corrected chi connectivity index (χ1v) is 16.3.